The predicted molar refractivity (Wildman–Crippen MR) is 79.0 cm³/mol. The van der Waals surface area contributed by atoms with E-state index in [1.807, 2.05) is 0 Å². The smallest absolute Gasteiger partial charge is 0.0478 e. The van der Waals surface area contributed by atoms with E-state index >= 15 is 0 Å². The highest BCUT2D eigenvalue weighted by Crippen LogP contribution is 2.28. The number of hydrogen-bond acceptors (Lipinski definition) is 2. The van der Waals surface area contributed by atoms with E-state index in [-0.39, 0.29) is 0 Å². The van der Waals surface area contributed by atoms with Crippen molar-refractivity contribution in [3.05, 3.63) is 0 Å². The Kier molecular flexibility index (Phi) is 8.70. The lowest BCUT2D eigenvalue weighted by molar-refractivity contribution is 0.117. The van der Waals surface area contributed by atoms with Gasteiger partial charge in [0.2, 0.25) is 0 Å². The van der Waals surface area contributed by atoms with Gasteiger partial charge in [0.25, 0.3) is 0 Å². The molecule has 0 aromatic heterocycles. The summed E-state index contributed by atoms with van der Waals surface area (Å²) in [7, 11) is 2.27. The summed E-state index contributed by atoms with van der Waals surface area (Å²) in [6.45, 7) is 8.97. The van der Waals surface area contributed by atoms with Crippen LogP contribution in [0.4, 0.5) is 0 Å². The molecule has 18 heavy (non-hydrogen) atoms. The summed E-state index contributed by atoms with van der Waals surface area (Å²) >= 11 is 0. The van der Waals surface area contributed by atoms with Gasteiger partial charge in [-0.3, -0.25) is 0 Å². The minimum atomic E-state index is 0.937. The maximum absolute atomic E-state index is 5.60. The third-order valence-electron chi connectivity index (χ3n) is 4.18. The van der Waals surface area contributed by atoms with Gasteiger partial charge in [0.05, 0.1) is 0 Å². The monoisotopic (exact) mass is 255 g/mol. The van der Waals surface area contributed by atoms with Crippen molar-refractivity contribution < 1.29 is 4.74 Å². The van der Waals surface area contributed by atoms with E-state index in [9.17, 15) is 0 Å². The molecule has 0 aromatic carbocycles. The Balaban J connectivity index is 1.95. The first-order valence-corrected chi connectivity index (χ1v) is 7.98. The summed E-state index contributed by atoms with van der Waals surface area (Å²) in [4.78, 5) is 2.50. The van der Waals surface area contributed by atoms with E-state index in [1.165, 1.54) is 58.0 Å². The topological polar surface area (TPSA) is 12.5 Å². The molecule has 0 unspecified atom stereocenters. The van der Waals surface area contributed by atoms with Crippen molar-refractivity contribution in [1.29, 1.82) is 0 Å². The lowest BCUT2D eigenvalue weighted by atomic mass is 9.83. The fourth-order valence-electron chi connectivity index (χ4n) is 2.83. The van der Waals surface area contributed by atoms with E-state index < -0.39 is 0 Å². The summed E-state index contributed by atoms with van der Waals surface area (Å²) in [5, 5.41) is 0. The second kappa shape index (κ2) is 9.80. The molecule has 0 aliphatic heterocycles. The Labute approximate surface area is 114 Å². The molecule has 1 rings (SSSR count). The van der Waals surface area contributed by atoms with Crippen LogP contribution in [-0.4, -0.2) is 38.3 Å². The Hall–Kier alpha value is -0.0800. The summed E-state index contributed by atoms with van der Waals surface area (Å²) < 4.78 is 5.60. The van der Waals surface area contributed by atoms with Gasteiger partial charge in [0.15, 0.2) is 0 Å². The summed E-state index contributed by atoms with van der Waals surface area (Å²) in [5.74, 6) is 1.92. The van der Waals surface area contributed by atoms with Gasteiger partial charge < -0.3 is 9.64 Å². The number of unbranched alkanes of at least 4 members (excludes halogenated alkanes) is 1. The summed E-state index contributed by atoms with van der Waals surface area (Å²) in [5.41, 5.74) is 0. The van der Waals surface area contributed by atoms with Crippen molar-refractivity contribution in [2.45, 2.75) is 58.8 Å². The van der Waals surface area contributed by atoms with Gasteiger partial charge in [-0.2, -0.15) is 0 Å². The van der Waals surface area contributed by atoms with E-state index in [4.69, 9.17) is 4.74 Å². The minimum absolute atomic E-state index is 0.937. The number of rotatable bonds is 9. The number of hydrogen-bond donors (Lipinski definition) is 0. The van der Waals surface area contributed by atoms with Crippen molar-refractivity contribution in [2.75, 3.05) is 33.4 Å². The molecule has 0 heterocycles. The Morgan fingerprint density at radius 1 is 1.06 bits per heavy atom. The average Bonchev–Trinajstić information content (AvgIpc) is 2.36. The molecule has 2 nitrogen and oxygen atoms in total. The molecule has 2 heteroatoms. The number of ether oxygens (including phenoxy) is 1. The molecule has 1 aliphatic rings. The SMILES string of the molecule is CCCCOCCCN(C)CC1CCC(C)CC1. The van der Waals surface area contributed by atoms with Gasteiger partial charge in [0, 0.05) is 26.3 Å². The standard InChI is InChI=1S/C16H33NO/c1-4-5-12-18-13-6-11-17(3)14-16-9-7-15(2)8-10-16/h15-16H,4-14H2,1-3H3. The van der Waals surface area contributed by atoms with E-state index in [2.05, 4.69) is 25.8 Å². The first-order chi connectivity index (χ1) is 8.72. The van der Waals surface area contributed by atoms with Gasteiger partial charge in [-0.05, 0) is 44.6 Å². The molecule has 0 saturated heterocycles. The van der Waals surface area contributed by atoms with E-state index in [0.717, 1.165) is 25.0 Å². The molecule has 1 saturated carbocycles. The zero-order valence-electron chi connectivity index (χ0n) is 12.8. The molecule has 0 N–H and O–H groups in total. The van der Waals surface area contributed by atoms with Gasteiger partial charge in [-0.25, -0.2) is 0 Å². The second-order valence-electron chi connectivity index (χ2n) is 6.21. The zero-order chi connectivity index (χ0) is 13.2. The molecule has 0 bridgehead atoms. The Morgan fingerprint density at radius 3 is 2.39 bits per heavy atom. The van der Waals surface area contributed by atoms with Crippen molar-refractivity contribution in [3.63, 3.8) is 0 Å². The van der Waals surface area contributed by atoms with Crippen LogP contribution in [0.25, 0.3) is 0 Å². The van der Waals surface area contributed by atoms with Crippen molar-refractivity contribution in [2.24, 2.45) is 11.8 Å². The second-order valence-corrected chi connectivity index (χ2v) is 6.21. The van der Waals surface area contributed by atoms with Crippen LogP contribution in [0.3, 0.4) is 0 Å². The van der Waals surface area contributed by atoms with Crippen LogP contribution in [0.2, 0.25) is 0 Å². The highest BCUT2D eigenvalue weighted by Gasteiger charge is 2.19. The molecular weight excluding hydrogens is 222 g/mol. The quantitative estimate of drug-likeness (QED) is 0.578. The Morgan fingerprint density at radius 2 is 1.72 bits per heavy atom. The molecule has 0 atom stereocenters. The van der Waals surface area contributed by atoms with E-state index in [1.54, 1.807) is 0 Å². The molecule has 1 aliphatic carbocycles. The van der Waals surface area contributed by atoms with Crippen LogP contribution in [-0.2, 0) is 4.74 Å². The van der Waals surface area contributed by atoms with Gasteiger partial charge in [0.1, 0.15) is 0 Å². The molecule has 108 valence electrons. The van der Waals surface area contributed by atoms with Crippen LogP contribution in [0.5, 0.6) is 0 Å². The van der Waals surface area contributed by atoms with Crippen LogP contribution in [0.1, 0.15) is 58.8 Å². The van der Waals surface area contributed by atoms with Crippen LogP contribution < -0.4 is 0 Å². The maximum Gasteiger partial charge on any atom is 0.0478 e. The van der Waals surface area contributed by atoms with Gasteiger partial charge in [-0.15, -0.1) is 0 Å². The maximum atomic E-state index is 5.60. The molecular formula is C16H33NO. The van der Waals surface area contributed by atoms with Crippen molar-refractivity contribution >= 4 is 0 Å². The molecule has 0 radical (unpaired) electrons. The highest BCUT2D eigenvalue weighted by molar-refractivity contribution is 4.72. The normalized spacial score (nSPS) is 24.7. The first kappa shape index (κ1) is 16.0. The summed E-state index contributed by atoms with van der Waals surface area (Å²) in [6, 6.07) is 0. The largest absolute Gasteiger partial charge is 0.381 e. The predicted octanol–water partition coefficient (Wildman–Crippen LogP) is 3.95. The van der Waals surface area contributed by atoms with E-state index in [0.29, 0.717) is 0 Å². The summed E-state index contributed by atoms with van der Waals surface area (Å²) in [6.07, 6.45) is 9.40. The Bertz CT molecular complexity index is 188. The van der Waals surface area contributed by atoms with Gasteiger partial charge >= 0.3 is 0 Å². The van der Waals surface area contributed by atoms with Crippen LogP contribution >= 0.6 is 0 Å². The fourth-order valence-corrected chi connectivity index (χ4v) is 2.83. The van der Waals surface area contributed by atoms with Crippen LogP contribution in [0, 0.1) is 11.8 Å². The first-order valence-electron chi connectivity index (χ1n) is 7.98. The van der Waals surface area contributed by atoms with Crippen molar-refractivity contribution in [1.82, 2.24) is 4.90 Å². The molecule has 0 aromatic rings. The lowest BCUT2D eigenvalue weighted by Gasteiger charge is -2.29. The average molecular weight is 255 g/mol. The van der Waals surface area contributed by atoms with Crippen LogP contribution in [0.15, 0.2) is 0 Å². The third kappa shape index (κ3) is 7.38. The molecule has 0 spiro atoms. The molecule has 1 fully saturated rings. The lowest BCUT2D eigenvalue weighted by Crippen LogP contribution is -2.29. The van der Waals surface area contributed by atoms with Crippen molar-refractivity contribution in [3.8, 4) is 0 Å². The fraction of sp³-hybridized carbons (Fsp3) is 1.00. The zero-order valence-corrected chi connectivity index (χ0v) is 12.8. The number of nitrogens with zero attached hydrogens (tertiary/aromatic N) is 1. The highest BCUT2D eigenvalue weighted by atomic mass is 16.5. The molecule has 0 amide bonds. The third-order valence-corrected chi connectivity index (χ3v) is 4.18. The minimum Gasteiger partial charge on any atom is -0.381 e. The van der Waals surface area contributed by atoms with Gasteiger partial charge in [-0.1, -0.05) is 33.1 Å².